The van der Waals surface area contributed by atoms with E-state index >= 15 is 0 Å². The first-order valence-corrected chi connectivity index (χ1v) is 10.2. The lowest BCUT2D eigenvalue weighted by atomic mass is 10.1. The molecule has 0 bridgehead atoms. The van der Waals surface area contributed by atoms with Gasteiger partial charge in [-0.05, 0) is 54.1 Å². The number of para-hydroxylation sites is 1. The molecule has 0 saturated heterocycles. The number of anilines is 2. The highest BCUT2D eigenvalue weighted by atomic mass is 79.9. The zero-order chi connectivity index (χ0) is 22.2. The number of nitrogens with zero attached hydrogens (tertiary/aromatic N) is 1. The molecule has 0 atom stereocenters. The van der Waals surface area contributed by atoms with Crippen molar-refractivity contribution in [2.45, 2.75) is 0 Å². The number of amides is 3. The van der Waals surface area contributed by atoms with Crippen LogP contribution in [-0.2, 0) is 9.59 Å². The van der Waals surface area contributed by atoms with E-state index < -0.39 is 17.7 Å². The van der Waals surface area contributed by atoms with Gasteiger partial charge in [-0.15, -0.1) is 0 Å². The SMILES string of the molecule is O=C(NN=Cc1cccc(Cl)c1)C(=O)Nc1ccccc1C(=O)Nc1ccc(Br)cc1. The molecule has 0 aliphatic rings. The molecule has 0 heterocycles. The smallest absolute Gasteiger partial charge is 0.322 e. The monoisotopic (exact) mass is 498 g/mol. The third kappa shape index (κ3) is 6.50. The zero-order valence-corrected chi connectivity index (χ0v) is 18.3. The highest BCUT2D eigenvalue weighted by Gasteiger charge is 2.17. The first kappa shape index (κ1) is 22.2. The molecule has 0 spiro atoms. The molecule has 0 radical (unpaired) electrons. The minimum Gasteiger partial charge on any atom is -0.322 e. The van der Waals surface area contributed by atoms with Crippen molar-refractivity contribution in [2.75, 3.05) is 10.6 Å². The second-order valence-corrected chi connectivity index (χ2v) is 7.57. The molecule has 9 heteroatoms. The Labute approximate surface area is 191 Å². The standard InChI is InChI=1S/C22H16BrClN4O3/c23-15-8-10-17(11-9-15)26-20(29)18-6-1-2-7-19(18)27-21(30)22(31)28-25-13-14-4-3-5-16(24)12-14/h1-13H,(H,26,29)(H,27,30)(H,28,31). The highest BCUT2D eigenvalue weighted by Crippen LogP contribution is 2.19. The molecule has 0 aliphatic heterocycles. The number of rotatable bonds is 5. The number of hydrogen-bond acceptors (Lipinski definition) is 4. The van der Waals surface area contributed by atoms with Gasteiger partial charge in [0.2, 0.25) is 0 Å². The number of carbonyl (C=O) groups excluding carboxylic acids is 3. The van der Waals surface area contributed by atoms with E-state index in [9.17, 15) is 14.4 Å². The third-order valence-corrected chi connectivity index (χ3v) is 4.72. The Bertz CT molecular complexity index is 1150. The topological polar surface area (TPSA) is 99.7 Å². The van der Waals surface area contributed by atoms with Crippen molar-refractivity contribution in [1.82, 2.24) is 5.43 Å². The summed E-state index contributed by atoms with van der Waals surface area (Å²) >= 11 is 9.21. The lowest BCUT2D eigenvalue weighted by Crippen LogP contribution is -2.33. The predicted octanol–water partition coefficient (Wildman–Crippen LogP) is 4.44. The Morgan fingerprint density at radius 2 is 1.61 bits per heavy atom. The molecule has 3 N–H and O–H groups in total. The average Bonchev–Trinajstić information content (AvgIpc) is 2.75. The summed E-state index contributed by atoms with van der Waals surface area (Å²) in [4.78, 5) is 36.9. The van der Waals surface area contributed by atoms with Crippen molar-refractivity contribution < 1.29 is 14.4 Å². The molecule has 3 rings (SSSR count). The van der Waals surface area contributed by atoms with Crippen molar-refractivity contribution in [1.29, 1.82) is 0 Å². The minimum absolute atomic E-state index is 0.191. The van der Waals surface area contributed by atoms with Crippen LogP contribution >= 0.6 is 27.5 Å². The fourth-order valence-electron chi connectivity index (χ4n) is 2.50. The lowest BCUT2D eigenvalue weighted by Gasteiger charge is -2.11. The van der Waals surface area contributed by atoms with Crippen molar-refractivity contribution in [3.05, 3.63) is 93.4 Å². The van der Waals surface area contributed by atoms with Gasteiger partial charge in [0.25, 0.3) is 5.91 Å². The van der Waals surface area contributed by atoms with Gasteiger partial charge < -0.3 is 10.6 Å². The average molecular weight is 500 g/mol. The van der Waals surface area contributed by atoms with E-state index in [4.69, 9.17) is 11.6 Å². The molecule has 0 saturated carbocycles. The Kier molecular flexibility index (Phi) is 7.53. The molecule has 0 aliphatic carbocycles. The quantitative estimate of drug-likeness (QED) is 0.275. The van der Waals surface area contributed by atoms with Gasteiger partial charge in [0, 0.05) is 15.2 Å². The molecule has 3 aromatic carbocycles. The van der Waals surface area contributed by atoms with E-state index in [0.717, 1.165) is 4.47 Å². The first-order chi connectivity index (χ1) is 14.9. The first-order valence-electron chi connectivity index (χ1n) is 8.98. The number of hydrogen-bond donors (Lipinski definition) is 3. The summed E-state index contributed by atoms with van der Waals surface area (Å²) < 4.78 is 0.877. The molecule has 3 aromatic rings. The van der Waals surface area contributed by atoms with Gasteiger partial charge >= 0.3 is 11.8 Å². The van der Waals surface area contributed by atoms with Crippen LogP contribution in [0.15, 0.2) is 82.4 Å². The van der Waals surface area contributed by atoms with E-state index in [-0.39, 0.29) is 11.3 Å². The van der Waals surface area contributed by atoms with Crippen LogP contribution in [0.1, 0.15) is 15.9 Å². The van der Waals surface area contributed by atoms with Gasteiger partial charge in [0.15, 0.2) is 0 Å². The van der Waals surface area contributed by atoms with Crippen LogP contribution in [0.4, 0.5) is 11.4 Å². The number of nitrogens with one attached hydrogen (secondary N) is 3. The molecule has 156 valence electrons. The van der Waals surface area contributed by atoms with Gasteiger partial charge in [-0.25, -0.2) is 5.43 Å². The van der Waals surface area contributed by atoms with Crippen molar-refractivity contribution in [3.63, 3.8) is 0 Å². The fourth-order valence-corrected chi connectivity index (χ4v) is 2.97. The Hall–Kier alpha value is -3.49. The van der Waals surface area contributed by atoms with Crippen LogP contribution < -0.4 is 16.1 Å². The summed E-state index contributed by atoms with van der Waals surface area (Å²) in [5.74, 6) is -2.38. The summed E-state index contributed by atoms with van der Waals surface area (Å²) in [6.45, 7) is 0. The number of hydrazone groups is 1. The summed E-state index contributed by atoms with van der Waals surface area (Å²) in [7, 11) is 0. The molecule has 0 fully saturated rings. The van der Waals surface area contributed by atoms with Gasteiger partial charge in [0.05, 0.1) is 17.5 Å². The molecular weight excluding hydrogens is 484 g/mol. The summed E-state index contributed by atoms with van der Waals surface area (Å²) in [5, 5.41) is 9.43. The predicted molar refractivity (Wildman–Crippen MR) is 124 cm³/mol. The minimum atomic E-state index is -0.985. The van der Waals surface area contributed by atoms with Gasteiger partial charge in [-0.1, -0.05) is 51.8 Å². The lowest BCUT2D eigenvalue weighted by molar-refractivity contribution is -0.136. The van der Waals surface area contributed by atoms with E-state index in [1.165, 1.54) is 12.3 Å². The fraction of sp³-hybridized carbons (Fsp3) is 0. The summed E-state index contributed by atoms with van der Waals surface area (Å²) in [6.07, 6.45) is 1.36. The Morgan fingerprint density at radius 3 is 2.35 bits per heavy atom. The zero-order valence-electron chi connectivity index (χ0n) is 15.9. The maximum Gasteiger partial charge on any atom is 0.329 e. The third-order valence-electron chi connectivity index (χ3n) is 3.96. The van der Waals surface area contributed by atoms with Crippen LogP contribution in [0, 0.1) is 0 Å². The highest BCUT2D eigenvalue weighted by molar-refractivity contribution is 9.10. The van der Waals surface area contributed by atoms with Crippen LogP contribution in [0.3, 0.4) is 0 Å². The maximum atomic E-state index is 12.6. The molecular formula is C22H16BrClN4O3. The van der Waals surface area contributed by atoms with E-state index in [1.54, 1.807) is 66.7 Å². The van der Waals surface area contributed by atoms with Crippen LogP contribution in [0.5, 0.6) is 0 Å². The number of benzene rings is 3. The van der Waals surface area contributed by atoms with Gasteiger partial charge in [-0.2, -0.15) is 5.10 Å². The van der Waals surface area contributed by atoms with Gasteiger partial charge in [0.1, 0.15) is 0 Å². The number of carbonyl (C=O) groups is 3. The van der Waals surface area contributed by atoms with E-state index in [0.29, 0.717) is 16.3 Å². The maximum absolute atomic E-state index is 12.6. The molecule has 31 heavy (non-hydrogen) atoms. The van der Waals surface area contributed by atoms with Crippen molar-refractivity contribution >= 4 is 62.8 Å². The second kappa shape index (κ2) is 10.5. The molecule has 0 unspecified atom stereocenters. The van der Waals surface area contributed by atoms with Crippen LogP contribution in [-0.4, -0.2) is 23.9 Å². The summed E-state index contributed by atoms with van der Waals surface area (Å²) in [6, 6.07) is 20.2. The van der Waals surface area contributed by atoms with Crippen LogP contribution in [0.25, 0.3) is 0 Å². The molecule has 0 aromatic heterocycles. The number of halogens is 2. The normalized spacial score (nSPS) is 10.5. The summed E-state index contributed by atoms with van der Waals surface area (Å²) in [5.41, 5.74) is 3.77. The van der Waals surface area contributed by atoms with Crippen LogP contribution in [0.2, 0.25) is 5.02 Å². The van der Waals surface area contributed by atoms with Crippen molar-refractivity contribution in [2.24, 2.45) is 5.10 Å². The Balaban J connectivity index is 1.63. The second-order valence-electron chi connectivity index (χ2n) is 6.21. The largest absolute Gasteiger partial charge is 0.329 e. The van der Waals surface area contributed by atoms with Crippen molar-refractivity contribution in [3.8, 4) is 0 Å². The Morgan fingerprint density at radius 1 is 0.871 bits per heavy atom. The molecule has 7 nitrogen and oxygen atoms in total. The van der Waals surface area contributed by atoms with E-state index in [1.807, 2.05) is 0 Å². The van der Waals surface area contributed by atoms with E-state index in [2.05, 4.69) is 37.1 Å². The van der Waals surface area contributed by atoms with Gasteiger partial charge in [-0.3, -0.25) is 14.4 Å². The molecule has 3 amide bonds.